The minimum Gasteiger partial charge on any atom is -0.486 e. The minimum absolute atomic E-state index is 0.110. The second-order valence-corrected chi connectivity index (χ2v) is 6.29. The van der Waals surface area contributed by atoms with Gasteiger partial charge >= 0.3 is 0 Å². The van der Waals surface area contributed by atoms with Gasteiger partial charge in [-0.3, -0.25) is 9.69 Å². The van der Waals surface area contributed by atoms with Crippen LogP contribution in [0.15, 0.2) is 29.6 Å². The van der Waals surface area contributed by atoms with Gasteiger partial charge in [0.1, 0.15) is 23.2 Å². The summed E-state index contributed by atoms with van der Waals surface area (Å²) in [6, 6.07) is 5.95. The van der Waals surface area contributed by atoms with E-state index in [2.05, 4.69) is 15.2 Å². The van der Waals surface area contributed by atoms with Gasteiger partial charge in [0.2, 0.25) is 5.91 Å². The van der Waals surface area contributed by atoms with Gasteiger partial charge in [-0.2, -0.15) is 0 Å². The van der Waals surface area contributed by atoms with Crippen molar-refractivity contribution in [1.29, 1.82) is 0 Å². The van der Waals surface area contributed by atoms with E-state index < -0.39 is 0 Å². The van der Waals surface area contributed by atoms with Gasteiger partial charge in [0.05, 0.1) is 5.69 Å². The van der Waals surface area contributed by atoms with E-state index in [9.17, 15) is 9.18 Å². The molecule has 0 radical (unpaired) electrons. The van der Waals surface area contributed by atoms with Gasteiger partial charge in [-0.15, -0.1) is 11.3 Å². The highest BCUT2D eigenvalue weighted by atomic mass is 32.1. The van der Waals surface area contributed by atoms with E-state index in [1.807, 2.05) is 5.38 Å². The third kappa shape index (κ3) is 4.74. The molecule has 122 valence electrons. The first-order valence-electron chi connectivity index (χ1n) is 7.50. The number of nitrogens with zero attached hydrogens (tertiary/aromatic N) is 2. The van der Waals surface area contributed by atoms with Gasteiger partial charge in [0.25, 0.3) is 0 Å². The Bertz CT molecular complexity index is 660. The van der Waals surface area contributed by atoms with E-state index in [1.165, 1.54) is 12.1 Å². The second-order valence-electron chi connectivity index (χ2n) is 5.35. The highest BCUT2D eigenvalue weighted by molar-refractivity contribution is 7.09. The molecule has 1 aliphatic rings. The van der Waals surface area contributed by atoms with E-state index in [0.29, 0.717) is 25.3 Å². The summed E-state index contributed by atoms with van der Waals surface area (Å²) in [7, 11) is 0. The normalized spacial score (nSPS) is 16.0. The molecule has 0 aliphatic carbocycles. The Morgan fingerprint density at radius 2 is 2.13 bits per heavy atom. The number of carbonyl (C=O) groups excluding carboxylic acids is 1. The summed E-state index contributed by atoms with van der Waals surface area (Å²) < 4.78 is 18.4. The summed E-state index contributed by atoms with van der Waals surface area (Å²) >= 11 is 1.55. The zero-order chi connectivity index (χ0) is 16.1. The third-order valence-electron chi connectivity index (χ3n) is 3.57. The van der Waals surface area contributed by atoms with Crippen molar-refractivity contribution < 1.29 is 13.9 Å². The van der Waals surface area contributed by atoms with Crippen LogP contribution in [-0.4, -0.2) is 35.4 Å². The minimum atomic E-state index is -0.278. The average Bonchev–Trinajstić information content (AvgIpc) is 2.89. The van der Waals surface area contributed by atoms with Crippen molar-refractivity contribution >= 4 is 17.2 Å². The number of hydrogen-bond acceptors (Lipinski definition) is 5. The van der Waals surface area contributed by atoms with Crippen LogP contribution in [0.1, 0.15) is 17.1 Å². The molecule has 1 aliphatic heterocycles. The van der Waals surface area contributed by atoms with Gasteiger partial charge in [-0.25, -0.2) is 9.37 Å². The maximum atomic E-state index is 12.8. The molecule has 5 nitrogen and oxygen atoms in total. The average molecular weight is 335 g/mol. The number of aromatic nitrogens is 1. The third-order valence-corrected chi connectivity index (χ3v) is 4.44. The standard InChI is InChI=1S/C16H18FN3O2S/c17-12-1-3-14(4-2-12)22-10-16-19-13(11-23-16)9-20-7-5-15(21)18-6-8-20/h1-4,11H,5-10H2,(H,18,21). The number of rotatable bonds is 5. The van der Waals surface area contributed by atoms with Crippen molar-refractivity contribution in [2.45, 2.75) is 19.6 Å². The quantitative estimate of drug-likeness (QED) is 0.910. The Labute approximate surface area is 138 Å². The number of thiazole rings is 1. The SMILES string of the molecule is O=C1CCN(Cc2csc(COc3ccc(F)cc3)n2)CCN1. The number of carbonyl (C=O) groups is 1. The fourth-order valence-electron chi connectivity index (χ4n) is 2.36. The first-order chi connectivity index (χ1) is 11.2. The van der Waals surface area contributed by atoms with Crippen LogP contribution in [0.2, 0.25) is 0 Å². The molecule has 1 aromatic carbocycles. The topological polar surface area (TPSA) is 54.5 Å². The molecule has 0 unspecified atom stereocenters. The highest BCUT2D eigenvalue weighted by Crippen LogP contribution is 2.17. The zero-order valence-electron chi connectivity index (χ0n) is 12.6. The molecule has 2 aromatic rings. The number of nitrogens with one attached hydrogen (secondary N) is 1. The zero-order valence-corrected chi connectivity index (χ0v) is 13.4. The van der Waals surface area contributed by atoms with Crippen molar-refractivity contribution in [3.05, 3.63) is 46.2 Å². The monoisotopic (exact) mass is 335 g/mol. The Morgan fingerprint density at radius 3 is 2.96 bits per heavy atom. The van der Waals surface area contributed by atoms with E-state index in [0.717, 1.165) is 30.3 Å². The molecular weight excluding hydrogens is 317 g/mol. The summed E-state index contributed by atoms with van der Waals surface area (Å²) in [5.41, 5.74) is 0.988. The first-order valence-corrected chi connectivity index (χ1v) is 8.38. The van der Waals surface area contributed by atoms with Gasteiger partial charge in [0.15, 0.2) is 0 Å². The second kappa shape index (κ2) is 7.52. The van der Waals surface area contributed by atoms with Crippen molar-refractivity contribution in [2.75, 3.05) is 19.6 Å². The number of ether oxygens (including phenoxy) is 1. The molecule has 7 heteroatoms. The van der Waals surface area contributed by atoms with Crippen molar-refractivity contribution in [3.8, 4) is 5.75 Å². The summed E-state index contributed by atoms with van der Waals surface area (Å²) in [5, 5.41) is 5.76. The van der Waals surface area contributed by atoms with Gasteiger partial charge < -0.3 is 10.1 Å². The summed E-state index contributed by atoms with van der Waals surface area (Å²) in [6.45, 7) is 3.39. The number of benzene rings is 1. The molecule has 2 heterocycles. The van der Waals surface area contributed by atoms with Crippen LogP contribution in [-0.2, 0) is 17.9 Å². The van der Waals surface area contributed by atoms with Crippen LogP contribution >= 0.6 is 11.3 Å². The van der Waals surface area contributed by atoms with Crippen LogP contribution < -0.4 is 10.1 Å². The predicted molar refractivity (Wildman–Crippen MR) is 85.7 cm³/mol. The molecular formula is C16H18FN3O2S. The molecule has 23 heavy (non-hydrogen) atoms. The highest BCUT2D eigenvalue weighted by Gasteiger charge is 2.14. The molecule has 3 rings (SSSR count). The van der Waals surface area contributed by atoms with Crippen LogP contribution in [0.25, 0.3) is 0 Å². The molecule has 0 atom stereocenters. The molecule has 1 saturated heterocycles. The molecule has 0 saturated carbocycles. The maximum absolute atomic E-state index is 12.8. The number of amides is 1. The van der Waals surface area contributed by atoms with Crippen LogP contribution in [0, 0.1) is 5.82 Å². The molecule has 1 fully saturated rings. The van der Waals surface area contributed by atoms with Gasteiger partial charge in [0, 0.05) is 38.0 Å². The van der Waals surface area contributed by atoms with E-state index in [4.69, 9.17) is 4.74 Å². The Hall–Kier alpha value is -1.99. The lowest BCUT2D eigenvalue weighted by Gasteiger charge is -2.17. The van der Waals surface area contributed by atoms with E-state index >= 15 is 0 Å². The summed E-state index contributed by atoms with van der Waals surface area (Å²) in [4.78, 5) is 18.1. The van der Waals surface area contributed by atoms with Crippen LogP contribution in [0.4, 0.5) is 4.39 Å². The summed E-state index contributed by atoms with van der Waals surface area (Å²) in [6.07, 6.45) is 0.532. The van der Waals surface area contributed by atoms with Crippen molar-refractivity contribution in [1.82, 2.24) is 15.2 Å². The maximum Gasteiger partial charge on any atom is 0.221 e. The van der Waals surface area contributed by atoms with Crippen molar-refractivity contribution in [3.63, 3.8) is 0 Å². The largest absolute Gasteiger partial charge is 0.486 e. The molecule has 1 amide bonds. The lowest BCUT2D eigenvalue weighted by Crippen LogP contribution is -2.28. The van der Waals surface area contributed by atoms with Crippen LogP contribution in [0.5, 0.6) is 5.75 Å². The Balaban J connectivity index is 1.51. The number of hydrogen-bond donors (Lipinski definition) is 1. The van der Waals surface area contributed by atoms with Gasteiger partial charge in [-0.1, -0.05) is 0 Å². The smallest absolute Gasteiger partial charge is 0.221 e. The van der Waals surface area contributed by atoms with Crippen LogP contribution in [0.3, 0.4) is 0 Å². The van der Waals surface area contributed by atoms with Gasteiger partial charge in [-0.05, 0) is 24.3 Å². The Morgan fingerprint density at radius 1 is 1.30 bits per heavy atom. The fourth-order valence-corrected chi connectivity index (χ4v) is 3.06. The molecule has 1 N–H and O–H groups in total. The Kier molecular flexibility index (Phi) is 5.19. The fraction of sp³-hybridized carbons (Fsp3) is 0.375. The summed E-state index contributed by atoms with van der Waals surface area (Å²) in [5.74, 6) is 0.457. The predicted octanol–water partition coefficient (Wildman–Crippen LogP) is 2.18. The first kappa shape index (κ1) is 15.9. The van der Waals surface area contributed by atoms with E-state index in [-0.39, 0.29) is 11.7 Å². The molecule has 0 bridgehead atoms. The molecule has 1 aromatic heterocycles. The van der Waals surface area contributed by atoms with E-state index in [1.54, 1.807) is 23.5 Å². The lowest BCUT2D eigenvalue weighted by molar-refractivity contribution is -0.120. The number of halogens is 1. The van der Waals surface area contributed by atoms with Crippen molar-refractivity contribution in [2.24, 2.45) is 0 Å². The lowest BCUT2D eigenvalue weighted by atomic mass is 10.3. The molecule has 0 spiro atoms.